The predicted molar refractivity (Wildman–Crippen MR) is 87.4 cm³/mol. The van der Waals surface area contributed by atoms with Gasteiger partial charge in [-0.2, -0.15) is 0 Å². The Hall–Kier alpha value is -1.13. The zero-order chi connectivity index (χ0) is 16.4. The molecule has 1 aliphatic carbocycles. The van der Waals surface area contributed by atoms with Crippen molar-refractivity contribution in [2.45, 2.75) is 71.0 Å². The standard InChI is InChI=1S/C18H30O4/c1-14(2)6-4-3-5-7-16(19)12-13-22-18(21)15-8-10-17(20)11-9-15/h8-10,14,16-17,19-20H,3-7,11-13H2,1-2H3/t16-,17?/m1/s1. The zero-order valence-corrected chi connectivity index (χ0v) is 13.8. The van der Waals surface area contributed by atoms with Crippen molar-refractivity contribution in [1.82, 2.24) is 0 Å². The third kappa shape index (κ3) is 8.35. The fourth-order valence-corrected chi connectivity index (χ4v) is 2.39. The average Bonchev–Trinajstić information content (AvgIpc) is 2.47. The van der Waals surface area contributed by atoms with Crippen LogP contribution >= 0.6 is 0 Å². The van der Waals surface area contributed by atoms with Crippen molar-refractivity contribution in [3.8, 4) is 0 Å². The second-order valence-corrected chi connectivity index (χ2v) is 6.43. The summed E-state index contributed by atoms with van der Waals surface area (Å²) in [5, 5.41) is 19.2. The Kier molecular flexibility index (Phi) is 9.09. The number of unbranched alkanes of at least 4 members (excludes halogenated alkanes) is 2. The van der Waals surface area contributed by atoms with Crippen molar-refractivity contribution >= 4 is 5.97 Å². The number of aliphatic hydroxyl groups is 2. The van der Waals surface area contributed by atoms with Gasteiger partial charge < -0.3 is 14.9 Å². The number of esters is 1. The van der Waals surface area contributed by atoms with E-state index in [-0.39, 0.29) is 12.6 Å². The molecule has 2 N–H and O–H groups in total. The van der Waals surface area contributed by atoms with Gasteiger partial charge in [-0.25, -0.2) is 4.79 Å². The Morgan fingerprint density at radius 3 is 2.64 bits per heavy atom. The number of carbonyl (C=O) groups is 1. The van der Waals surface area contributed by atoms with Gasteiger partial charge in [0.05, 0.1) is 24.4 Å². The van der Waals surface area contributed by atoms with Crippen molar-refractivity contribution in [3.63, 3.8) is 0 Å². The SMILES string of the molecule is CC(C)CCCCC[C@@H](O)CCOC(=O)C1=CCC(O)C=C1. The second kappa shape index (κ2) is 10.6. The summed E-state index contributed by atoms with van der Waals surface area (Å²) in [4.78, 5) is 11.7. The fourth-order valence-electron chi connectivity index (χ4n) is 2.39. The zero-order valence-electron chi connectivity index (χ0n) is 13.8. The van der Waals surface area contributed by atoms with Gasteiger partial charge in [0.1, 0.15) is 0 Å². The van der Waals surface area contributed by atoms with Gasteiger partial charge in [0.25, 0.3) is 0 Å². The van der Waals surface area contributed by atoms with Crippen LogP contribution in [0.25, 0.3) is 0 Å². The van der Waals surface area contributed by atoms with Crippen LogP contribution in [0.5, 0.6) is 0 Å². The molecule has 4 nitrogen and oxygen atoms in total. The lowest BCUT2D eigenvalue weighted by Crippen LogP contribution is -2.16. The van der Waals surface area contributed by atoms with E-state index in [1.807, 2.05) is 0 Å². The summed E-state index contributed by atoms with van der Waals surface area (Å²) in [7, 11) is 0. The highest BCUT2D eigenvalue weighted by Gasteiger charge is 2.13. The highest BCUT2D eigenvalue weighted by atomic mass is 16.5. The number of aliphatic hydroxyl groups excluding tert-OH is 2. The van der Waals surface area contributed by atoms with Crippen molar-refractivity contribution < 1.29 is 19.7 Å². The molecule has 0 fully saturated rings. The van der Waals surface area contributed by atoms with E-state index in [0.717, 1.165) is 25.2 Å². The Labute approximate surface area is 133 Å². The molecule has 4 heteroatoms. The van der Waals surface area contributed by atoms with E-state index in [2.05, 4.69) is 13.8 Å². The minimum absolute atomic E-state index is 0.236. The van der Waals surface area contributed by atoms with Gasteiger partial charge in [-0.1, -0.05) is 51.7 Å². The summed E-state index contributed by atoms with van der Waals surface area (Å²) in [6.07, 6.45) is 10.3. The Bertz CT molecular complexity index is 385. The lowest BCUT2D eigenvalue weighted by molar-refractivity contribution is -0.139. The summed E-state index contributed by atoms with van der Waals surface area (Å²) in [6.45, 7) is 4.68. The summed E-state index contributed by atoms with van der Waals surface area (Å²) in [5.41, 5.74) is 0.480. The van der Waals surface area contributed by atoms with Gasteiger partial charge in [0.15, 0.2) is 0 Å². The van der Waals surface area contributed by atoms with Gasteiger partial charge in [0, 0.05) is 6.42 Å². The van der Waals surface area contributed by atoms with Gasteiger partial charge >= 0.3 is 5.97 Å². The first-order valence-electron chi connectivity index (χ1n) is 8.40. The number of ether oxygens (including phenoxy) is 1. The van der Waals surface area contributed by atoms with E-state index in [4.69, 9.17) is 4.74 Å². The van der Waals surface area contributed by atoms with Crippen LogP contribution in [0.4, 0.5) is 0 Å². The third-order valence-electron chi connectivity index (χ3n) is 3.82. The normalized spacial score (nSPS) is 19.1. The minimum Gasteiger partial charge on any atom is -0.462 e. The monoisotopic (exact) mass is 310 g/mol. The molecular weight excluding hydrogens is 280 g/mol. The van der Waals surface area contributed by atoms with Crippen LogP contribution in [0.15, 0.2) is 23.8 Å². The first-order valence-corrected chi connectivity index (χ1v) is 8.40. The summed E-state index contributed by atoms with van der Waals surface area (Å²) < 4.78 is 5.15. The molecule has 0 saturated heterocycles. The van der Waals surface area contributed by atoms with Crippen LogP contribution in [0.3, 0.4) is 0 Å². The molecule has 0 saturated carbocycles. The first kappa shape index (κ1) is 18.9. The van der Waals surface area contributed by atoms with E-state index in [1.165, 1.54) is 12.8 Å². The summed E-state index contributed by atoms with van der Waals surface area (Å²) in [6, 6.07) is 0. The molecule has 0 aromatic heterocycles. The Morgan fingerprint density at radius 2 is 2.00 bits per heavy atom. The predicted octanol–water partition coefficient (Wildman–Crippen LogP) is 3.13. The number of rotatable bonds is 10. The fraction of sp³-hybridized carbons (Fsp3) is 0.722. The van der Waals surface area contributed by atoms with E-state index >= 15 is 0 Å². The number of hydrogen-bond acceptors (Lipinski definition) is 4. The molecule has 0 radical (unpaired) electrons. The number of hydrogen-bond donors (Lipinski definition) is 2. The van der Waals surface area contributed by atoms with Crippen molar-refractivity contribution in [2.75, 3.05) is 6.61 Å². The molecule has 0 aromatic carbocycles. The summed E-state index contributed by atoms with van der Waals surface area (Å²) in [5.74, 6) is 0.362. The highest BCUT2D eigenvalue weighted by molar-refractivity contribution is 5.91. The molecule has 0 aliphatic heterocycles. The van der Waals surface area contributed by atoms with Crippen LogP contribution in [0.2, 0.25) is 0 Å². The van der Waals surface area contributed by atoms with Gasteiger partial charge in [-0.15, -0.1) is 0 Å². The van der Waals surface area contributed by atoms with Crippen molar-refractivity contribution in [1.29, 1.82) is 0 Å². The maximum atomic E-state index is 11.7. The maximum Gasteiger partial charge on any atom is 0.337 e. The molecule has 0 aromatic rings. The molecule has 0 heterocycles. The van der Waals surface area contributed by atoms with E-state index in [9.17, 15) is 15.0 Å². The van der Waals surface area contributed by atoms with Crippen molar-refractivity contribution in [3.05, 3.63) is 23.8 Å². The number of carbonyl (C=O) groups excluding carboxylic acids is 1. The van der Waals surface area contributed by atoms with E-state index in [0.29, 0.717) is 18.4 Å². The second-order valence-electron chi connectivity index (χ2n) is 6.43. The molecule has 1 unspecified atom stereocenters. The largest absolute Gasteiger partial charge is 0.462 e. The molecule has 0 spiro atoms. The quantitative estimate of drug-likeness (QED) is 0.480. The molecular formula is C18H30O4. The maximum absolute atomic E-state index is 11.7. The minimum atomic E-state index is -0.505. The van der Waals surface area contributed by atoms with Gasteiger partial charge in [-0.05, 0) is 24.8 Å². The first-order chi connectivity index (χ1) is 10.5. The third-order valence-corrected chi connectivity index (χ3v) is 3.82. The lowest BCUT2D eigenvalue weighted by atomic mass is 10.0. The van der Waals surface area contributed by atoms with E-state index < -0.39 is 12.2 Å². The van der Waals surface area contributed by atoms with E-state index in [1.54, 1.807) is 18.2 Å². The van der Waals surface area contributed by atoms with Crippen LogP contribution < -0.4 is 0 Å². The van der Waals surface area contributed by atoms with Crippen LogP contribution in [-0.4, -0.2) is 35.0 Å². The van der Waals surface area contributed by atoms with Crippen LogP contribution in [0.1, 0.15) is 58.8 Å². The van der Waals surface area contributed by atoms with Crippen LogP contribution in [-0.2, 0) is 9.53 Å². The molecule has 1 rings (SSSR count). The van der Waals surface area contributed by atoms with Gasteiger partial charge in [-0.3, -0.25) is 0 Å². The molecule has 1 aliphatic rings. The Balaban J connectivity index is 2.06. The molecule has 2 atom stereocenters. The van der Waals surface area contributed by atoms with Crippen molar-refractivity contribution in [2.24, 2.45) is 5.92 Å². The molecule has 0 amide bonds. The molecule has 126 valence electrons. The topological polar surface area (TPSA) is 66.8 Å². The smallest absolute Gasteiger partial charge is 0.337 e. The highest BCUT2D eigenvalue weighted by Crippen LogP contribution is 2.14. The molecule has 0 bridgehead atoms. The average molecular weight is 310 g/mol. The molecule has 22 heavy (non-hydrogen) atoms. The lowest BCUT2D eigenvalue weighted by Gasteiger charge is -2.13. The Morgan fingerprint density at radius 1 is 1.27 bits per heavy atom. The van der Waals surface area contributed by atoms with Gasteiger partial charge in [0.2, 0.25) is 0 Å². The van der Waals surface area contributed by atoms with Crippen LogP contribution in [0, 0.1) is 5.92 Å². The summed E-state index contributed by atoms with van der Waals surface area (Å²) >= 11 is 0.